The van der Waals surface area contributed by atoms with Crippen LogP contribution < -0.4 is 10.5 Å². The fourth-order valence-electron chi connectivity index (χ4n) is 2.33. The Labute approximate surface area is 120 Å². The molecule has 3 nitrogen and oxygen atoms in total. The fraction of sp³-hybridized carbons (Fsp3) is 0.353. The lowest BCUT2D eigenvalue weighted by atomic mass is 10.0. The van der Waals surface area contributed by atoms with Crippen molar-refractivity contribution >= 4 is 0 Å². The largest absolute Gasteiger partial charge is 0.457 e. The van der Waals surface area contributed by atoms with E-state index in [0.717, 1.165) is 28.5 Å². The maximum atomic E-state index is 6.13. The Bertz CT molecular complexity index is 606. The molecule has 1 heterocycles. The summed E-state index contributed by atoms with van der Waals surface area (Å²) in [6, 6.07) is 10.1. The van der Waals surface area contributed by atoms with Gasteiger partial charge in [-0.3, -0.25) is 4.98 Å². The summed E-state index contributed by atoms with van der Waals surface area (Å²) in [6.45, 7) is 8.69. The normalized spacial score (nSPS) is 10.9. The molecule has 106 valence electrons. The second-order valence-corrected chi connectivity index (χ2v) is 5.32. The van der Waals surface area contributed by atoms with Gasteiger partial charge in [0.2, 0.25) is 0 Å². The molecule has 0 saturated heterocycles. The molecule has 0 aliphatic rings. The van der Waals surface area contributed by atoms with Crippen LogP contribution in [0, 0.1) is 13.8 Å². The number of nitrogens with two attached hydrogens (primary N) is 1. The number of hydrogen-bond acceptors (Lipinski definition) is 3. The third kappa shape index (κ3) is 2.99. The average molecular weight is 270 g/mol. The van der Waals surface area contributed by atoms with Gasteiger partial charge >= 0.3 is 0 Å². The number of ether oxygens (including phenoxy) is 1. The summed E-state index contributed by atoms with van der Waals surface area (Å²) >= 11 is 0. The predicted molar refractivity (Wildman–Crippen MR) is 82.2 cm³/mol. The minimum absolute atomic E-state index is 0.413. The van der Waals surface area contributed by atoms with Gasteiger partial charge in [0, 0.05) is 29.6 Å². The van der Waals surface area contributed by atoms with Crippen LogP contribution in [0.3, 0.4) is 0 Å². The van der Waals surface area contributed by atoms with Crippen molar-refractivity contribution in [2.24, 2.45) is 5.73 Å². The Morgan fingerprint density at radius 1 is 1.15 bits per heavy atom. The van der Waals surface area contributed by atoms with E-state index in [4.69, 9.17) is 10.5 Å². The van der Waals surface area contributed by atoms with Crippen LogP contribution in [0.15, 0.2) is 30.3 Å². The van der Waals surface area contributed by atoms with Crippen molar-refractivity contribution in [2.75, 3.05) is 0 Å². The fourth-order valence-corrected chi connectivity index (χ4v) is 2.33. The lowest BCUT2D eigenvalue weighted by Crippen LogP contribution is -2.05. The van der Waals surface area contributed by atoms with Crippen molar-refractivity contribution in [1.29, 1.82) is 0 Å². The third-order valence-electron chi connectivity index (χ3n) is 3.38. The van der Waals surface area contributed by atoms with Gasteiger partial charge in [0.05, 0.1) is 0 Å². The number of para-hydroxylation sites is 1. The number of rotatable bonds is 4. The van der Waals surface area contributed by atoms with E-state index in [1.54, 1.807) is 0 Å². The highest BCUT2D eigenvalue weighted by molar-refractivity contribution is 5.44. The van der Waals surface area contributed by atoms with E-state index in [1.807, 2.05) is 38.1 Å². The SMILES string of the molecule is Cc1cc(Oc2ccccc2C(C)C)c(CN)c(C)n1. The van der Waals surface area contributed by atoms with E-state index in [9.17, 15) is 0 Å². The van der Waals surface area contributed by atoms with E-state index >= 15 is 0 Å². The molecule has 0 aliphatic carbocycles. The van der Waals surface area contributed by atoms with Gasteiger partial charge in [-0.05, 0) is 31.4 Å². The second kappa shape index (κ2) is 6.06. The maximum absolute atomic E-state index is 6.13. The van der Waals surface area contributed by atoms with Crippen molar-refractivity contribution in [2.45, 2.75) is 40.2 Å². The highest BCUT2D eigenvalue weighted by Crippen LogP contribution is 2.32. The molecule has 0 aliphatic heterocycles. The standard InChI is InChI=1S/C17H22N2O/c1-11(2)14-7-5-6-8-16(14)20-17-9-12(3)19-13(4)15(17)10-18/h5-9,11H,10,18H2,1-4H3. The van der Waals surface area contributed by atoms with E-state index in [0.29, 0.717) is 12.5 Å². The summed E-state index contributed by atoms with van der Waals surface area (Å²) in [5.74, 6) is 2.12. The molecule has 3 heteroatoms. The predicted octanol–water partition coefficient (Wildman–Crippen LogP) is 4.07. The van der Waals surface area contributed by atoms with E-state index in [1.165, 1.54) is 5.56 Å². The minimum atomic E-state index is 0.413. The molecule has 0 amide bonds. The van der Waals surface area contributed by atoms with Crippen LogP contribution in [0.2, 0.25) is 0 Å². The summed E-state index contributed by atoms with van der Waals surface area (Å²) in [6.07, 6.45) is 0. The molecule has 2 aromatic rings. The number of aromatic nitrogens is 1. The average Bonchev–Trinajstić information content (AvgIpc) is 2.38. The number of aryl methyl sites for hydroxylation is 2. The Balaban J connectivity index is 2.45. The maximum Gasteiger partial charge on any atom is 0.135 e. The second-order valence-electron chi connectivity index (χ2n) is 5.32. The van der Waals surface area contributed by atoms with Gasteiger partial charge < -0.3 is 10.5 Å². The van der Waals surface area contributed by atoms with Crippen LogP contribution in [0.1, 0.15) is 42.3 Å². The first-order chi connectivity index (χ1) is 9.52. The van der Waals surface area contributed by atoms with E-state index < -0.39 is 0 Å². The number of benzene rings is 1. The molecule has 1 aromatic heterocycles. The zero-order valence-corrected chi connectivity index (χ0v) is 12.6. The molecule has 1 aromatic carbocycles. The van der Waals surface area contributed by atoms with Gasteiger partial charge in [0.15, 0.2) is 0 Å². The topological polar surface area (TPSA) is 48.1 Å². The lowest BCUT2D eigenvalue weighted by Gasteiger charge is -2.17. The number of pyridine rings is 1. The molecular weight excluding hydrogens is 248 g/mol. The molecule has 0 bridgehead atoms. The van der Waals surface area contributed by atoms with Crippen molar-refractivity contribution in [3.63, 3.8) is 0 Å². The highest BCUT2D eigenvalue weighted by atomic mass is 16.5. The van der Waals surface area contributed by atoms with Crippen LogP contribution in [0.4, 0.5) is 0 Å². The zero-order chi connectivity index (χ0) is 14.7. The van der Waals surface area contributed by atoms with Crippen molar-refractivity contribution in [3.8, 4) is 11.5 Å². The number of hydrogen-bond donors (Lipinski definition) is 1. The van der Waals surface area contributed by atoms with Crippen LogP contribution in [-0.2, 0) is 6.54 Å². The monoisotopic (exact) mass is 270 g/mol. The summed E-state index contributed by atoms with van der Waals surface area (Å²) in [7, 11) is 0. The summed E-state index contributed by atoms with van der Waals surface area (Å²) in [5.41, 5.74) is 9.87. The summed E-state index contributed by atoms with van der Waals surface area (Å²) < 4.78 is 6.13. The zero-order valence-electron chi connectivity index (χ0n) is 12.6. The molecule has 0 saturated carbocycles. The lowest BCUT2D eigenvalue weighted by molar-refractivity contribution is 0.465. The summed E-state index contributed by atoms with van der Waals surface area (Å²) in [4.78, 5) is 4.44. The first kappa shape index (κ1) is 14.5. The molecule has 20 heavy (non-hydrogen) atoms. The molecule has 0 radical (unpaired) electrons. The van der Waals surface area contributed by atoms with Gasteiger partial charge in [0.25, 0.3) is 0 Å². The first-order valence-electron chi connectivity index (χ1n) is 6.97. The van der Waals surface area contributed by atoms with Crippen LogP contribution in [-0.4, -0.2) is 4.98 Å². The van der Waals surface area contributed by atoms with E-state index in [-0.39, 0.29) is 0 Å². The Morgan fingerprint density at radius 2 is 1.85 bits per heavy atom. The molecule has 0 atom stereocenters. The van der Waals surface area contributed by atoms with Gasteiger partial charge in [-0.1, -0.05) is 32.0 Å². The molecular formula is C17H22N2O. The van der Waals surface area contributed by atoms with Crippen LogP contribution in [0.25, 0.3) is 0 Å². The molecule has 0 fully saturated rings. The van der Waals surface area contributed by atoms with Gasteiger partial charge in [-0.25, -0.2) is 0 Å². The highest BCUT2D eigenvalue weighted by Gasteiger charge is 2.12. The van der Waals surface area contributed by atoms with Crippen LogP contribution >= 0.6 is 0 Å². The van der Waals surface area contributed by atoms with Crippen LogP contribution in [0.5, 0.6) is 11.5 Å². The van der Waals surface area contributed by atoms with Gasteiger partial charge in [-0.2, -0.15) is 0 Å². The van der Waals surface area contributed by atoms with Gasteiger partial charge in [0.1, 0.15) is 11.5 Å². The molecule has 0 spiro atoms. The quantitative estimate of drug-likeness (QED) is 0.911. The summed E-state index contributed by atoms with van der Waals surface area (Å²) in [5, 5.41) is 0. The van der Waals surface area contributed by atoms with Crippen molar-refractivity contribution < 1.29 is 4.74 Å². The van der Waals surface area contributed by atoms with E-state index in [2.05, 4.69) is 24.9 Å². The minimum Gasteiger partial charge on any atom is -0.457 e. The molecule has 2 N–H and O–H groups in total. The molecule has 0 unspecified atom stereocenters. The number of nitrogens with zero attached hydrogens (tertiary/aromatic N) is 1. The Morgan fingerprint density at radius 3 is 2.50 bits per heavy atom. The third-order valence-corrected chi connectivity index (χ3v) is 3.38. The van der Waals surface area contributed by atoms with Crippen molar-refractivity contribution in [3.05, 3.63) is 52.8 Å². The van der Waals surface area contributed by atoms with Gasteiger partial charge in [-0.15, -0.1) is 0 Å². The first-order valence-corrected chi connectivity index (χ1v) is 6.97. The van der Waals surface area contributed by atoms with Crippen molar-refractivity contribution in [1.82, 2.24) is 4.98 Å². The Kier molecular flexibility index (Phi) is 4.40. The Hall–Kier alpha value is -1.87. The molecule has 2 rings (SSSR count). The smallest absolute Gasteiger partial charge is 0.135 e.